The van der Waals surface area contributed by atoms with E-state index < -0.39 is 6.10 Å². The van der Waals surface area contributed by atoms with Gasteiger partial charge in [-0.05, 0) is 62.6 Å². The van der Waals surface area contributed by atoms with Crippen molar-refractivity contribution < 1.29 is 14.3 Å². The average molecular weight is 368 g/mol. The fourth-order valence-corrected chi connectivity index (χ4v) is 2.54. The predicted molar refractivity (Wildman–Crippen MR) is 108 cm³/mol. The van der Waals surface area contributed by atoms with Crippen LogP contribution in [0, 0.1) is 13.8 Å². The Labute approximate surface area is 161 Å². The zero-order valence-corrected chi connectivity index (χ0v) is 16.5. The second-order valence-corrected chi connectivity index (χ2v) is 6.65. The molecule has 0 saturated carbocycles. The number of para-hydroxylation sites is 1. The Morgan fingerprint density at radius 1 is 1.07 bits per heavy atom. The van der Waals surface area contributed by atoms with Crippen LogP contribution in [-0.2, 0) is 4.79 Å². The van der Waals surface area contributed by atoms with Gasteiger partial charge in [-0.2, -0.15) is 0 Å². The molecule has 0 fully saturated rings. The standard InChI is InChI=1S/C22H28N2O3/c1-5-6-13-23-22(26)19-9-7-8-10-20(19)24-21(25)17(4)27-18-12-11-15(2)16(3)14-18/h7-12,14,17H,5-6,13H2,1-4H3,(H,23,26)(H,24,25)/t17-/m0/s1. The molecule has 0 heterocycles. The second-order valence-electron chi connectivity index (χ2n) is 6.65. The molecule has 144 valence electrons. The van der Waals surface area contributed by atoms with Crippen LogP contribution < -0.4 is 15.4 Å². The number of benzene rings is 2. The van der Waals surface area contributed by atoms with Gasteiger partial charge in [0, 0.05) is 6.54 Å². The molecule has 0 radical (unpaired) electrons. The Bertz CT molecular complexity index is 802. The van der Waals surface area contributed by atoms with Gasteiger partial charge in [0.05, 0.1) is 11.3 Å². The molecule has 0 bridgehead atoms. The number of aryl methyl sites for hydroxylation is 2. The third kappa shape index (κ3) is 5.84. The van der Waals surface area contributed by atoms with Crippen molar-refractivity contribution in [1.29, 1.82) is 0 Å². The van der Waals surface area contributed by atoms with E-state index in [1.807, 2.05) is 32.0 Å². The zero-order valence-electron chi connectivity index (χ0n) is 16.5. The van der Waals surface area contributed by atoms with Gasteiger partial charge in [0.15, 0.2) is 6.10 Å². The van der Waals surface area contributed by atoms with Gasteiger partial charge in [0.25, 0.3) is 11.8 Å². The fourth-order valence-electron chi connectivity index (χ4n) is 2.54. The highest BCUT2D eigenvalue weighted by Crippen LogP contribution is 2.19. The van der Waals surface area contributed by atoms with Gasteiger partial charge < -0.3 is 15.4 Å². The van der Waals surface area contributed by atoms with Crippen molar-refractivity contribution in [2.75, 3.05) is 11.9 Å². The van der Waals surface area contributed by atoms with Crippen LogP contribution in [0.2, 0.25) is 0 Å². The third-order valence-corrected chi connectivity index (χ3v) is 4.41. The number of unbranched alkanes of at least 4 members (excludes halogenated alkanes) is 1. The molecular weight excluding hydrogens is 340 g/mol. The molecule has 5 nitrogen and oxygen atoms in total. The highest BCUT2D eigenvalue weighted by molar-refractivity contribution is 6.04. The molecule has 0 aliphatic carbocycles. The van der Waals surface area contributed by atoms with E-state index in [1.165, 1.54) is 5.56 Å². The van der Waals surface area contributed by atoms with Crippen LogP contribution in [0.15, 0.2) is 42.5 Å². The van der Waals surface area contributed by atoms with Crippen LogP contribution in [-0.4, -0.2) is 24.5 Å². The smallest absolute Gasteiger partial charge is 0.265 e. The molecule has 5 heteroatoms. The van der Waals surface area contributed by atoms with Crippen LogP contribution in [0.5, 0.6) is 5.75 Å². The minimum atomic E-state index is -0.691. The Balaban J connectivity index is 2.04. The Morgan fingerprint density at radius 3 is 2.52 bits per heavy atom. The fraction of sp³-hybridized carbons (Fsp3) is 0.364. The first kappa shape index (κ1) is 20.5. The van der Waals surface area contributed by atoms with Gasteiger partial charge in [-0.1, -0.05) is 31.5 Å². The molecule has 2 rings (SSSR count). The van der Waals surface area contributed by atoms with Crippen molar-refractivity contribution in [2.24, 2.45) is 0 Å². The first-order chi connectivity index (χ1) is 12.9. The lowest BCUT2D eigenvalue weighted by Gasteiger charge is -2.17. The maximum Gasteiger partial charge on any atom is 0.265 e. The van der Waals surface area contributed by atoms with E-state index in [0.717, 1.165) is 18.4 Å². The topological polar surface area (TPSA) is 67.4 Å². The van der Waals surface area contributed by atoms with E-state index in [2.05, 4.69) is 17.6 Å². The summed E-state index contributed by atoms with van der Waals surface area (Å²) >= 11 is 0. The molecule has 1 atom stereocenters. The number of hydrogen-bond acceptors (Lipinski definition) is 3. The second kappa shape index (κ2) is 9.76. The molecule has 0 saturated heterocycles. The summed E-state index contributed by atoms with van der Waals surface area (Å²) in [5.74, 6) is 0.149. The maximum atomic E-state index is 12.5. The summed E-state index contributed by atoms with van der Waals surface area (Å²) in [6.07, 6.45) is 1.23. The van der Waals surface area contributed by atoms with Crippen molar-refractivity contribution in [1.82, 2.24) is 5.32 Å². The number of carbonyl (C=O) groups excluding carboxylic acids is 2. The Kier molecular flexibility index (Phi) is 7.41. The predicted octanol–water partition coefficient (Wildman–Crippen LogP) is 4.24. The highest BCUT2D eigenvalue weighted by atomic mass is 16.5. The van der Waals surface area contributed by atoms with Gasteiger partial charge in [0.1, 0.15) is 5.75 Å². The Hall–Kier alpha value is -2.82. The van der Waals surface area contributed by atoms with Crippen molar-refractivity contribution >= 4 is 17.5 Å². The number of amides is 2. The molecule has 0 spiro atoms. The average Bonchev–Trinajstić information content (AvgIpc) is 2.65. The lowest BCUT2D eigenvalue weighted by molar-refractivity contribution is -0.122. The molecule has 0 aliphatic rings. The van der Waals surface area contributed by atoms with Crippen LogP contribution >= 0.6 is 0 Å². The molecule has 2 amide bonds. The number of carbonyl (C=O) groups is 2. The normalized spacial score (nSPS) is 11.6. The molecule has 2 aromatic carbocycles. The van der Waals surface area contributed by atoms with E-state index in [4.69, 9.17) is 4.74 Å². The van der Waals surface area contributed by atoms with Gasteiger partial charge in [-0.15, -0.1) is 0 Å². The molecule has 27 heavy (non-hydrogen) atoms. The highest BCUT2D eigenvalue weighted by Gasteiger charge is 2.18. The van der Waals surface area contributed by atoms with Gasteiger partial charge in [-0.25, -0.2) is 0 Å². The summed E-state index contributed by atoms with van der Waals surface area (Å²) in [5.41, 5.74) is 3.20. The lowest BCUT2D eigenvalue weighted by Crippen LogP contribution is -2.32. The van der Waals surface area contributed by atoms with Crippen molar-refractivity contribution in [2.45, 2.75) is 46.6 Å². The van der Waals surface area contributed by atoms with Crippen molar-refractivity contribution in [3.8, 4) is 5.75 Å². The molecule has 2 N–H and O–H groups in total. The number of ether oxygens (including phenoxy) is 1. The third-order valence-electron chi connectivity index (χ3n) is 4.41. The monoisotopic (exact) mass is 368 g/mol. The van der Waals surface area contributed by atoms with E-state index in [9.17, 15) is 9.59 Å². The Morgan fingerprint density at radius 2 is 1.81 bits per heavy atom. The summed E-state index contributed by atoms with van der Waals surface area (Å²) in [5, 5.41) is 5.68. The number of nitrogens with one attached hydrogen (secondary N) is 2. The van der Waals surface area contributed by atoms with Crippen LogP contribution in [0.3, 0.4) is 0 Å². The first-order valence-electron chi connectivity index (χ1n) is 9.34. The molecule has 0 unspecified atom stereocenters. The van der Waals surface area contributed by atoms with Crippen LogP contribution in [0.1, 0.15) is 48.2 Å². The van der Waals surface area contributed by atoms with Crippen LogP contribution in [0.4, 0.5) is 5.69 Å². The van der Waals surface area contributed by atoms with Gasteiger partial charge in [-0.3, -0.25) is 9.59 Å². The lowest BCUT2D eigenvalue weighted by atomic mass is 10.1. The van der Waals surface area contributed by atoms with Gasteiger partial charge in [0.2, 0.25) is 0 Å². The molecule has 2 aromatic rings. The SMILES string of the molecule is CCCCNC(=O)c1ccccc1NC(=O)[C@H](C)Oc1ccc(C)c(C)c1. The van der Waals surface area contributed by atoms with Gasteiger partial charge >= 0.3 is 0 Å². The first-order valence-corrected chi connectivity index (χ1v) is 9.34. The molecule has 0 aliphatic heterocycles. The maximum absolute atomic E-state index is 12.5. The number of rotatable bonds is 8. The minimum absolute atomic E-state index is 0.193. The quantitative estimate of drug-likeness (QED) is 0.685. The summed E-state index contributed by atoms with van der Waals surface area (Å²) in [4.78, 5) is 24.9. The summed E-state index contributed by atoms with van der Waals surface area (Å²) in [6, 6.07) is 12.7. The molecule has 0 aromatic heterocycles. The van der Waals surface area contributed by atoms with E-state index >= 15 is 0 Å². The van der Waals surface area contributed by atoms with Crippen LogP contribution in [0.25, 0.3) is 0 Å². The summed E-state index contributed by atoms with van der Waals surface area (Å²) < 4.78 is 5.75. The van der Waals surface area contributed by atoms with E-state index in [1.54, 1.807) is 31.2 Å². The largest absolute Gasteiger partial charge is 0.481 e. The summed E-state index contributed by atoms with van der Waals surface area (Å²) in [6.45, 7) is 8.40. The number of hydrogen-bond donors (Lipinski definition) is 2. The van der Waals surface area contributed by atoms with Crippen molar-refractivity contribution in [3.63, 3.8) is 0 Å². The minimum Gasteiger partial charge on any atom is -0.481 e. The van der Waals surface area contributed by atoms with Crippen molar-refractivity contribution in [3.05, 3.63) is 59.2 Å². The number of anilines is 1. The molecular formula is C22H28N2O3. The zero-order chi connectivity index (χ0) is 19.8. The van der Waals surface area contributed by atoms with E-state index in [-0.39, 0.29) is 11.8 Å². The summed E-state index contributed by atoms with van der Waals surface area (Å²) in [7, 11) is 0. The van der Waals surface area contributed by atoms with E-state index in [0.29, 0.717) is 23.5 Å².